The molecule has 3 fully saturated rings. The van der Waals surface area contributed by atoms with Gasteiger partial charge in [-0.3, -0.25) is 9.59 Å². The summed E-state index contributed by atoms with van der Waals surface area (Å²) in [7, 11) is 0. The number of carbonyl (C=O) groups excluding carboxylic acids is 1. The summed E-state index contributed by atoms with van der Waals surface area (Å²) < 4.78 is 0. The number of hydrogen-bond donors (Lipinski definition) is 2. The average Bonchev–Trinajstić information content (AvgIpc) is 3.10. The van der Waals surface area contributed by atoms with Crippen LogP contribution in [0.15, 0.2) is 23.0 Å². The van der Waals surface area contributed by atoms with Crippen LogP contribution in [-0.2, 0) is 0 Å². The van der Waals surface area contributed by atoms with Gasteiger partial charge in [-0.15, -0.1) is 0 Å². The highest BCUT2D eigenvalue weighted by molar-refractivity contribution is 5.92. The molecule has 3 aliphatic rings. The second-order valence-electron chi connectivity index (χ2n) is 6.66. The van der Waals surface area contributed by atoms with Gasteiger partial charge in [0.25, 0.3) is 5.91 Å². The fourth-order valence-corrected chi connectivity index (χ4v) is 5.06. The predicted molar refractivity (Wildman–Crippen MR) is 75.4 cm³/mol. The molecule has 106 valence electrons. The minimum absolute atomic E-state index is 0.130. The maximum absolute atomic E-state index is 12.2. The molecule has 2 bridgehead atoms. The maximum Gasteiger partial charge on any atom is 0.268 e. The first-order valence-corrected chi connectivity index (χ1v) is 7.72. The van der Waals surface area contributed by atoms with Crippen LogP contribution in [0.25, 0.3) is 0 Å². The van der Waals surface area contributed by atoms with E-state index in [0.717, 1.165) is 24.2 Å². The van der Waals surface area contributed by atoms with E-state index in [9.17, 15) is 9.59 Å². The van der Waals surface area contributed by atoms with Crippen LogP contribution in [-0.4, -0.2) is 16.9 Å². The zero-order valence-electron chi connectivity index (χ0n) is 11.5. The number of H-pyrrole nitrogens is 1. The fourth-order valence-electron chi connectivity index (χ4n) is 5.06. The molecule has 1 aromatic rings. The monoisotopic (exact) mass is 272 g/mol. The van der Waals surface area contributed by atoms with Gasteiger partial charge in [0.1, 0.15) is 5.69 Å². The number of rotatable bonds is 2. The van der Waals surface area contributed by atoms with Gasteiger partial charge < -0.3 is 10.3 Å². The van der Waals surface area contributed by atoms with E-state index < -0.39 is 0 Å². The lowest BCUT2D eigenvalue weighted by Crippen LogP contribution is -2.43. The van der Waals surface area contributed by atoms with Crippen LogP contribution in [0, 0.1) is 23.7 Å². The molecule has 0 aliphatic heterocycles. The van der Waals surface area contributed by atoms with E-state index in [4.69, 9.17) is 0 Å². The van der Waals surface area contributed by atoms with Gasteiger partial charge in [0.15, 0.2) is 0 Å². The van der Waals surface area contributed by atoms with Crippen molar-refractivity contribution in [3.8, 4) is 0 Å². The molecule has 4 heteroatoms. The van der Waals surface area contributed by atoms with Gasteiger partial charge in [-0.2, -0.15) is 0 Å². The van der Waals surface area contributed by atoms with Gasteiger partial charge in [0, 0.05) is 12.1 Å². The molecular weight excluding hydrogens is 252 g/mol. The Hall–Kier alpha value is -1.58. The zero-order chi connectivity index (χ0) is 13.7. The van der Waals surface area contributed by atoms with E-state index in [1.165, 1.54) is 31.7 Å². The molecule has 5 atom stereocenters. The standard InChI is InChI=1S/C16H20N2O2/c19-15-6-2-5-13(17-15)16(20)18-14-8-9-7-12(14)11-4-1-3-10(9)11/h2,5-6,9-12,14H,1,3-4,7-8H2,(H,17,19)(H,18,20). The Labute approximate surface area is 118 Å². The number of amides is 1. The Balaban J connectivity index is 1.48. The normalized spacial score (nSPS) is 37.9. The second-order valence-corrected chi connectivity index (χ2v) is 6.66. The molecule has 4 rings (SSSR count). The zero-order valence-corrected chi connectivity index (χ0v) is 11.5. The molecule has 4 nitrogen and oxygen atoms in total. The third-order valence-electron chi connectivity index (χ3n) is 5.76. The molecule has 0 radical (unpaired) electrons. The summed E-state index contributed by atoms with van der Waals surface area (Å²) in [5, 5.41) is 3.16. The van der Waals surface area contributed by atoms with Crippen molar-refractivity contribution in [1.82, 2.24) is 10.3 Å². The van der Waals surface area contributed by atoms with Crippen molar-refractivity contribution in [3.63, 3.8) is 0 Å². The van der Waals surface area contributed by atoms with Crippen LogP contribution in [0.4, 0.5) is 0 Å². The largest absolute Gasteiger partial charge is 0.348 e. The molecule has 2 N–H and O–H groups in total. The Morgan fingerprint density at radius 2 is 2.00 bits per heavy atom. The number of aromatic nitrogens is 1. The van der Waals surface area contributed by atoms with Gasteiger partial charge in [0.05, 0.1) is 0 Å². The Morgan fingerprint density at radius 3 is 2.85 bits per heavy atom. The average molecular weight is 272 g/mol. The number of fused-ring (bicyclic) bond motifs is 5. The molecule has 3 saturated carbocycles. The highest BCUT2D eigenvalue weighted by Crippen LogP contribution is 2.58. The van der Waals surface area contributed by atoms with Gasteiger partial charge in [0.2, 0.25) is 5.56 Å². The van der Waals surface area contributed by atoms with Crippen molar-refractivity contribution in [3.05, 3.63) is 34.2 Å². The van der Waals surface area contributed by atoms with Crippen LogP contribution in [0.1, 0.15) is 42.6 Å². The van der Waals surface area contributed by atoms with Crippen molar-refractivity contribution in [2.75, 3.05) is 0 Å². The van der Waals surface area contributed by atoms with Gasteiger partial charge in [-0.1, -0.05) is 12.5 Å². The first-order chi connectivity index (χ1) is 9.72. The summed E-state index contributed by atoms with van der Waals surface area (Å²) in [6, 6.07) is 5.04. The molecule has 3 aliphatic carbocycles. The topological polar surface area (TPSA) is 62.0 Å². The third kappa shape index (κ3) is 1.81. The number of aromatic amines is 1. The van der Waals surface area contributed by atoms with Crippen molar-refractivity contribution < 1.29 is 4.79 Å². The molecule has 1 aromatic heterocycles. The molecule has 0 spiro atoms. The lowest BCUT2D eigenvalue weighted by atomic mass is 9.79. The molecule has 0 saturated heterocycles. The first kappa shape index (κ1) is 12.2. The van der Waals surface area contributed by atoms with Gasteiger partial charge in [-0.25, -0.2) is 0 Å². The Morgan fingerprint density at radius 1 is 1.15 bits per heavy atom. The molecule has 20 heavy (non-hydrogen) atoms. The highest BCUT2D eigenvalue weighted by Gasteiger charge is 2.54. The first-order valence-electron chi connectivity index (χ1n) is 7.72. The van der Waals surface area contributed by atoms with E-state index in [1.54, 1.807) is 12.1 Å². The van der Waals surface area contributed by atoms with E-state index in [1.807, 2.05) is 0 Å². The Kier molecular flexibility index (Phi) is 2.72. The smallest absolute Gasteiger partial charge is 0.268 e. The summed E-state index contributed by atoms with van der Waals surface area (Å²) >= 11 is 0. The molecule has 0 aromatic carbocycles. The lowest BCUT2D eigenvalue weighted by Gasteiger charge is -2.32. The molecular formula is C16H20N2O2. The minimum Gasteiger partial charge on any atom is -0.348 e. The summed E-state index contributed by atoms with van der Waals surface area (Å²) in [6.07, 6.45) is 6.55. The van der Waals surface area contributed by atoms with Gasteiger partial charge >= 0.3 is 0 Å². The maximum atomic E-state index is 12.2. The number of hydrogen-bond acceptors (Lipinski definition) is 2. The number of nitrogens with one attached hydrogen (secondary N) is 2. The molecule has 5 unspecified atom stereocenters. The Bertz CT molecular complexity index is 594. The predicted octanol–water partition coefficient (Wildman–Crippen LogP) is 1.93. The van der Waals surface area contributed by atoms with Crippen molar-refractivity contribution in [1.29, 1.82) is 0 Å². The quantitative estimate of drug-likeness (QED) is 0.864. The fraction of sp³-hybridized carbons (Fsp3) is 0.625. The van der Waals surface area contributed by atoms with E-state index in [-0.39, 0.29) is 11.5 Å². The summed E-state index contributed by atoms with van der Waals surface area (Å²) in [4.78, 5) is 26.1. The van der Waals surface area contributed by atoms with E-state index in [2.05, 4.69) is 10.3 Å². The SMILES string of the molecule is O=C(NC1CC2CC1C1CCCC21)c1cccc(=O)[nH]1. The van der Waals surface area contributed by atoms with E-state index in [0.29, 0.717) is 17.7 Å². The van der Waals surface area contributed by atoms with Crippen molar-refractivity contribution >= 4 is 5.91 Å². The van der Waals surface area contributed by atoms with E-state index >= 15 is 0 Å². The second kappa shape index (κ2) is 4.47. The third-order valence-corrected chi connectivity index (χ3v) is 5.76. The van der Waals surface area contributed by atoms with Crippen LogP contribution < -0.4 is 10.9 Å². The number of carbonyl (C=O) groups is 1. The highest BCUT2D eigenvalue weighted by atomic mass is 16.2. The van der Waals surface area contributed by atoms with Crippen molar-refractivity contribution in [2.24, 2.45) is 23.7 Å². The summed E-state index contributed by atoms with van der Waals surface area (Å²) in [6.45, 7) is 0. The van der Waals surface area contributed by atoms with Crippen LogP contribution in [0.5, 0.6) is 0 Å². The summed E-state index contributed by atoms with van der Waals surface area (Å²) in [5.41, 5.74) is 0.157. The summed E-state index contributed by atoms with van der Waals surface area (Å²) in [5.74, 6) is 3.15. The molecule has 1 heterocycles. The lowest BCUT2D eigenvalue weighted by molar-refractivity contribution is 0.0896. The van der Waals surface area contributed by atoms with Crippen LogP contribution in [0.3, 0.4) is 0 Å². The minimum atomic E-state index is -0.221. The number of pyridine rings is 1. The van der Waals surface area contributed by atoms with Crippen molar-refractivity contribution in [2.45, 2.75) is 38.1 Å². The van der Waals surface area contributed by atoms with Crippen LogP contribution >= 0.6 is 0 Å². The molecule has 1 amide bonds. The van der Waals surface area contributed by atoms with Gasteiger partial charge in [-0.05, 0) is 55.4 Å². The van der Waals surface area contributed by atoms with Crippen LogP contribution in [0.2, 0.25) is 0 Å².